The third-order valence-electron chi connectivity index (χ3n) is 4.92. The van der Waals surface area contributed by atoms with Crippen molar-refractivity contribution < 1.29 is 0 Å². The van der Waals surface area contributed by atoms with E-state index in [9.17, 15) is 0 Å². The van der Waals surface area contributed by atoms with E-state index in [-0.39, 0.29) is 0 Å². The summed E-state index contributed by atoms with van der Waals surface area (Å²) in [4.78, 5) is 6.51. The molecule has 0 spiro atoms. The van der Waals surface area contributed by atoms with Crippen LogP contribution in [0.4, 0.5) is 0 Å². The molecule has 3 nitrogen and oxygen atoms in total. The van der Waals surface area contributed by atoms with Crippen LogP contribution in [-0.2, 0) is 0 Å². The molecule has 112 valence electrons. The highest BCUT2D eigenvalue weighted by molar-refractivity contribution is 7.10. The van der Waals surface area contributed by atoms with Gasteiger partial charge < -0.3 is 15.1 Å². The van der Waals surface area contributed by atoms with E-state index in [1.807, 2.05) is 11.3 Å². The Labute approximate surface area is 127 Å². The third-order valence-corrected chi connectivity index (χ3v) is 5.89. The van der Waals surface area contributed by atoms with Crippen LogP contribution in [0.2, 0.25) is 0 Å². The average molecular weight is 293 g/mol. The van der Waals surface area contributed by atoms with E-state index in [0.29, 0.717) is 6.04 Å². The first-order chi connectivity index (χ1) is 9.74. The van der Waals surface area contributed by atoms with Crippen molar-refractivity contribution >= 4 is 11.3 Å². The summed E-state index contributed by atoms with van der Waals surface area (Å²) in [6.45, 7) is 3.71. The fraction of sp³-hybridized carbons (Fsp3) is 0.750. The summed E-state index contributed by atoms with van der Waals surface area (Å²) in [6, 6.07) is 6.51. The van der Waals surface area contributed by atoms with Gasteiger partial charge in [-0.3, -0.25) is 0 Å². The molecule has 1 N–H and O–H groups in total. The van der Waals surface area contributed by atoms with Gasteiger partial charge in [0.25, 0.3) is 0 Å². The molecule has 3 unspecified atom stereocenters. The maximum absolute atomic E-state index is 3.84. The largest absolute Gasteiger partial charge is 0.312 e. The quantitative estimate of drug-likeness (QED) is 0.900. The van der Waals surface area contributed by atoms with Gasteiger partial charge in [-0.15, -0.1) is 11.3 Å². The molecule has 2 saturated heterocycles. The van der Waals surface area contributed by atoms with Crippen LogP contribution in [0.5, 0.6) is 0 Å². The van der Waals surface area contributed by atoms with Crippen LogP contribution in [0, 0.1) is 0 Å². The molecule has 0 bridgehead atoms. The van der Waals surface area contributed by atoms with E-state index in [2.05, 4.69) is 46.7 Å². The normalized spacial score (nSPS) is 28.8. The standard InChI is InChI=1S/C16H27N3S/c1-18(2)15(16-6-4-10-20-16)12-17-13-7-9-19-8-3-5-14(19)11-13/h4,6,10,13-15,17H,3,5,7-9,11-12H2,1-2H3. The van der Waals surface area contributed by atoms with Gasteiger partial charge in [0, 0.05) is 23.5 Å². The summed E-state index contributed by atoms with van der Waals surface area (Å²) in [5, 5.41) is 6.03. The zero-order valence-corrected chi connectivity index (χ0v) is 13.5. The van der Waals surface area contributed by atoms with Crippen LogP contribution in [0.1, 0.15) is 36.6 Å². The molecule has 3 atom stereocenters. The van der Waals surface area contributed by atoms with Gasteiger partial charge in [-0.1, -0.05) is 6.07 Å². The second-order valence-electron chi connectivity index (χ2n) is 6.46. The number of piperidine rings is 1. The Morgan fingerprint density at radius 2 is 2.30 bits per heavy atom. The first kappa shape index (κ1) is 14.5. The number of likely N-dealkylation sites (N-methyl/N-ethyl adjacent to an activating group) is 1. The van der Waals surface area contributed by atoms with Gasteiger partial charge in [0.05, 0.1) is 6.04 Å². The van der Waals surface area contributed by atoms with Crippen molar-refractivity contribution in [2.75, 3.05) is 33.7 Å². The number of thiophene rings is 1. The van der Waals surface area contributed by atoms with Crippen LogP contribution < -0.4 is 5.32 Å². The third kappa shape index (κ3) is 3.25. The maximum atomic E-state index is 3.84. The van der Waals surface area contributed by atoms with Crippen molar-refractivity contribution in [2.45, 2.75) is 43.8 Å². The molecule has 4 heteroatoms. The topological polar surface area (TPSA) is 18.5 Å². The zero-order valence-electron chi connectivity index (χ0n) is 12.7. The fourth-order valence-corrected chi connectivity index (χ4v) is 4.63. The summed E-state index contributed by atoms with van der Waals surface area (Å²) in [7, 11) is 4.37. The minimum atomic E-state index is 0.511. The van der Waals surface area contributed by atoms with E-state index in [1.54, 1.807) is 0 Å². The predicted octanol–water partition coefficient (Wildman–Crippen LogP) is 2.57. The molecule has 1 aromatic heterocycles. The van der Waals surface area contributed by atoms with Crippen molar-refractivity contribution in [3.05, 3.63) is 22.4 Å². The van der Waals surface area contributed by atoms with Gasteiger partial charge in [0.15, 0.2) is 0 Å². The Morgan fingerprint density at radius 3 is 3.05 bits per heavy atom. The first-order valence-electron chi connectivity index (χ1n) is 7.91. The molecular weight excluding hydrogens is 266 g/mol. The molecule has 3 rings (SSSR count). The molecule has 2 aliphatic rings. The van der Waals surface area contributed by atoms with Crippen LogP contribution in [0.25, 0.3) is 0 Å². The van der Waals surface area contributed by atoms with Crippen LogP contribution >= 0.6 is 11.3 Å². The minimum absolute atomic E-state index is 0.511. The molecule has 0 aromatic carbocycles. The predicted molar refractivity (Wildman–Crippen MR) is 86.4 cm³/mol. The van der Waals surface area contributed by atoms with Crippen molar-refractivity contribution in [1.82, 2.24) is 15.1 Å². The van der Waals surface area contributed by atoms with Gasteiger partial charge in [-0.25, -0.2) is 0 Å². The fourth-order valence-electron chi connectivity index (χ4n) is 3.71. The molecular formula is C16H27N3S. The number of hydrogen-bond donors (Lipinski definition) is 1. The average Bonchev–Trinajstić information content (AvgIpc) is 3.08. The Bertz CT molecular complexity index is 404. The van der Waals surface area contributed by atoms with Crippen molar-refractivity contribution in [3.63, 3.8) is 0 Å². The molecule has 1 aromatic rings. The summed E-state index contributed by atoms with van der Waals surface area (Å²) in [5.41, 5.74) is 0. The molecule has 0 saturated carbocycles. The van der Waals surface area contributed by atoms with E-state index in [4.69, 9.17) is 0 Å². The lowest BCUT2D eigenvalue weighted by Crippen LogP contribution is -2.47. The van der Waals surface area contributed by atoms with E-state index in [1.165, 1.54) is 43.6 Å². The smallest absolute Gasteiger partial charge is 0.0561 e. The van der Waals surface area contributed by atoms with Gasteiger partial charge in [0.1, 0.15) is 0 Å². The molecule has 20 heavy (non-hydrogen) atoms. The first-order valence-corrected chi connectivity index (χ1v) is 8.79. The Kier molecular flexibility index (Phi) is 4.76. The molecule has 2 fully saturated rings. The zero-order chi connectivity index (χ0) is 13.9. The Hall–Kier alpha value is -0.420. The molecule has 0 radical (unpaired) electrons. The number of hydrogen-bond acceptors (Lipinski definition) is 4. The lowest BCUT2D eigenvalue weighted by molar-refractivity contribution is 0.161. The van der Waals surface area contributed by atoms with Crippen LogP contribution in [0.3, 0.4) is 0 Å². The molecule has 3 heterocycles. The van der Waals surface area contributed by atoms with Gasteiger partial charge >= 0.3 is 0 Å². The molecule has 2 aliphatic heterocycles. The number of fused-ring (bicyclic) bond motifs is 1. The van der Waals surface area contributed by atoms with Crippen molar-refractivity contribution in [3.8, 4) is 0 Å². The van der Waals surface area contributed by atoms with E-state index in [0.717, 1.165) is 18.6 Å². The van der Waals surface area contributed by atoms with Crippen molar-refractivity contribution in [2.24, 2.45) is 0 Å². The summed E-state index contributed by atoms with van der Waals surface area (Å²) < 4.78 is 0. The second-order valence-corrected chi connectivity index (χ2v) is 7.44. The highest BCUT2D eigenvalue weighted by atomic mass is 32.1. The van der Waals surface area contributed by atoms with Crippen molar-refractivity contribution in [1.29, 1.82) is 0 Å². The lowest BCUT2D eigenvalue weighted by Gasteiger charge is -2.36. The SMILES string of the molecule is CN(C)C(CNC1CCN2CCCC2C1)c1cccs1. The highest BCUT2D eigenvalue weighted by Crippen LogP contribution is 2.28. The van der Waals surface area contributed by atoms with Gasteiger partial charge in [-0.2, -0.15) is 0 Å². The number of nitrogens with one attached hydrogen (secondary N) is 1. The monoisotopic (exact) mass is 293 g/mol. The minimum Gasteiger partial charge on any atom is -0.312 e. The van der Waals surface area contributed by atoms with Crippen LogP contribution in [-0.4, -0.2) is 55.6 Å². The Morgan fingerprint density at radius 1 is 1.40 bits per heavy atom. The summed E-state index contributed by atoms with van der Waals surface area (Å²) in [6.07, 6.45) is 5.50. The maximum Gasteiger partial charge on any atom is 0.0561 e. The van der Waals surface area contributed by atoms with E-state index < -0.39 is 0 Å². The molecule has 0 aliphatic carbocycles. The van der Waals surface area contributed by atoms with Gasteiger partial charge in [0.2, 0.25) is 0 Å². The van der Waals surface area contributed by atoms with Gasteiger partial charge in [-0.05, 0) is 64.3 Å². The Balaban J connectivity index is 1.53. The molecule has 0 amide bonds. The summed E-state index contributed by atoms with van der Waals surface area (Å²) >= 11 is 1.87. The highest BCUT2D eigenvalue weighted by Gasteiger charge is 2.31. The lowest BCUT2D eigenvalue weighted by atomic mass is 9.97. The van der Waals surface area contributed by atoms with Crippen LogP contribution in [0.15, 0.2) is 17.5 Å². The second kappa shape index (κ2) is 6.56. The van der Waals surface area contributed by atoms with E-state index >= 15 is 0 Å². The number of nitrogens with zero attached hydrogens (tertiary/aromatic N) is 2. The summed E-state index contributed by atoms with van der Waals surface area (Å²) in [5.74, 6) is 0. The number of rotatable bonds is 5.